The average Bonchev–Trinajstić information content (AvgIpc) is 2.68. The SMILES string of the molecule is C=C(C)Cc1ccc(-c2ccccc2)c(CNCC(=O)OC(C)(C)C)c1OCCCC. The van der Waals surface area contributed by atoms with E-state index in [0.717, 1.165) is 52.8 Å². The van der Waals surface area contributed by atoms with Gasteiger partial charge in [0, 0.05) is 12.1 Å². The van der Waals surface area contributed by atoms with Gasteiger partial charge in [0.2, 0.25) is 0 Å². The van der Waals surface area contributed by atoms with Crippen molar-refractivity contribution in [3.8, 4) is 16.9 Å². The van der Waals surface area contributed by atoms with E-state index in [4.69, 9.17) is 9.47 Å². The zero-order chi connectivity index (χ0) is 22.9. The number of rotatable bonds is 11. The molecule has 168 valence electrons. The van der Waals surface area contributed by atoms with E-state index in [9.17, 15) is 4.79 Å². The van der Waals surface area contributed by atoms with Gasteiger partial charge >= 0.3 is 5.97 Å². The van der Waals surface area contributed by atoms with E-state index in [1.165, 1.54) is 0 Å². The van der Waals surface area contributed by atoms with E-state index in [0.29, 0.717) is 13.2 Å². The molecule has 0 atom stereocenters. The van der Waals surface area contributed by atoms with Crippen LogP contribution >= 0.6 is 0 Å². The molecular formula is C27H37NO3. The number of nitrogens with one attached hydrogen (secondary N) is 1. The van der Waals surface area contributed by atoms with Gasteiger partial charge in [-0.15, -0.1) is 0 Å². The molecule has 0 aliphatic rings. The maximum atomic E-state index is 12.2. The molecule has 2 aromatic rings. The van der Waals surface area contributed by atoms with Crippen LogP contribution in [0.1, 0.15) is 58.6 Å². The van der Waals surface area contributed by atoms with Crippen LogP contribution in [0.15, 0.2) is 54.6 Å². The number of unbranched alkanes of at least 4 members (excludes halogenated alkanes) is 1. The topological polar surface area (TPSA) is 47.6 Å². The predicted octanol–water partition coefficient (Wildman–Crippen LogP) is 6.08. The molecular weight excluding hydrogens is 386 g/mol. The first-order valence-electron chi connectivity index (χ1n) is 11.1. The Kier molecular flexibility index (Phi) is 9.32. The Balaban J connectivity index is 2.38. The Bertz CT molecular complexity index is 866. The van der Waals surface area contributed by atoms with Gasteiger partial charge in [-0.1, -0.05) is 68.0 Å². The van der Waals surface area contributed by atoms with E-state index in [2.05, 4.69) is 43.1 Å². The molecule has 0 heterocycles. The molecule has 0 aromatic heterocycles. The molecule has 2 rings (SSSR count). The third kappa shape index (κ3) is 8.22. The van der Waals surface area contributed by atoms with Crippen LogP contribution in [0.2, 0.25) is 0 Å². The second kappa shape index (κ2) is 11.7. The van der Waals surface area contributed by atoms with Gasteiger partial charge in [-0.25, -0.2) is 0 Å². The minimum atomic E-state index is -0.496. The van der Waals surface area contributed by atoms with Gasteiger partial charge in [-0.05, 0) is 57.2 Å². The van der Waals surface area contributed by atoms with Crippen molar-refractivity contribution in [1.82, 2.24) is 5.32 Å². The lowest BCUT2D eigenvalue weighted by Gasteiger charge is -2.22. The minimum Gasteiger partial charge on any atom is -0.493 e. The summed E-state index contributed by atoms with van der Waals surface area (Å²) in [6, 6.07) is 14.6. The maximum Gasteiger partial charge on any atom is 0.320 e. The predicted molar refractivity (Wildman–Crippen MR) is 128 cm³/mol. The van der Waals surface area contributed by atoms with Crippen molar-refractivity contribution in [1.29, 1.82) is 0 Å². The summed E-state index contributed by atoms with van der Waals surface area (Å²) in [7, 11) is 0. The summed E-state index contributed by atoms with van der Waals surface area (Å²) in [5, 5.41) is 3.27. The monoisotopic (exact) mass is 423 g/mol. The number of allylic oxidation sites excluding steroid dienone is 1. The number of carbonyl (C=O) groups is 1. The van der Waals surface area contributed by atoms with E-state index < -0.39 is 5.60 Å². The van der Waals surface area contributed by atoms with Crippen molar-refractivity contribution >= 4 is 5.97 Å². The lowest BCUT2D eigenvalue weighted by Crippen LogP contribution is -2.31. The van der Waals surface area contributed by atoms with Gasteiger partial charge < -0.3 is 14.8 Å². The Labute approximate surface area is 187 Å². The molecule has 0 aliphatic carbocycles. The minimum absolute atomic E-state index is 0.143. The molecule has 0 amide bonds. The van der Waals surface area contributed by atoms with Crippen LogP contribution in [0, 0.1) is 0 Å². The molecule has 0 fully saturated rings. The van der Waals surface area contributed by atoms with Gasteiger partial charge in [0.05, 0.1) is 13.2 Å². The van der Waals surface area contributed by atoms with Crippen LogP contribution < -0.4 is 10.1 Å². The lowest BCUT2D eigenvalue weighted by molar-refractivity contribution is -0.153. The lowest BCUT2D eigenvalue weighted by atomic mass is 9.94. The number of benzene rings is 2. The smallest absolute Gasteiger partial charge is 0.320 e. The van der Waals surface area contributed by atoms with Crippen LogP contribution in [0.5, 0.6) is 5.75 Å². The Morgan fingerprint density at radius 3 is 2.42 bits per heavy atom. The summed E-state index contributed by atoms with van der Waals surface area (Å²) in [5.41, 5.74) is 5.00. The average molecular weight is 424 g/mol. The highest BCUT2D eigenvalue weighted by atomic mass is 16.6. The fourth-order valence-electron chi connectivity index (χ4n) is 3.37. The van der Waals surface area contributed by atoms with Crippen molar-refractivity contribution in [3.63, 3.8) is 0 Å². The highest BCUT2D eigenvalue weighted by Gasteiger charge is 2.19. The van der Waals surface area contributed by atoms with Gasteiger partial charge in [0.15, 0.2) is 0 Å². The molecule has 0 saturated carbocycles. The van der Waals surface area contributed by atoms with Crippen LogP contribution in [-0.4, -0.2) is 24.7 Å². The van der Waals surface area contributed by atoms with Crippen LogP contribution in [0.25, 0.3) is 11.1 Å². The van der Waals surface area contributed by atoms with E-state index in [-0.39, 0.29) is 12.5 Å². The van der Waals surface area contributed by atoms with Gasteiger partial charge in [-0.3, -0.25) is 4.79 Å². The van der Waals surface area contributed by atoms with E-state index in [1.807, 2.05) is 45.9 Å². The molecule has 0 saturated heterocycles. The normalized spacial score (nSPS) is 11.3. The number of hydrogen-bond donors (Lipinski definition) is 1. The summed E-state index contributed by atoms with van der Waals surface area (Å²) >= 11 is 0. The van der Waals surface area contributed by atoms with Crippen molar-refractivity contribution in [2.24, 2.45) is 0 Å². The van der Waals surface area contributed by atoms with Crippen molar-refractivity contribution in [3.05, 3.63) is 65.7 Å². The Morgan fingerprint density at radius 2 is 1.81 bits per heavy atom. The number of hydrogen-bond acceptors (Lipinski definition) is 4. The fourth-order valence-corrected chi connectivity index (χ4v) is 3.37. The summed E-state index contributed by atoms with van der Waals surface area (Å²) in [4.78, 5) is 12.2. The number of esters is 1. The van der Waals surface area contributed by atoms with E-state index >= 15 is 0 Å². The first kappa shape index (κ1) is 24.7. The summed E-state index contributed by atoms with van der Waals surface area (Å²) < 4.78 is 11.7. The molecule has 0 spiro atoms. The second-order valence-corrected chi connectivity index (χ2v) is 8.97. The molecule has 2 aromatic carbocycles. The molecule has 4 nitrogen and oxygen atoms in total. The van der Waals surface area contributed by atoms with Crippen molar-refractivity contribution < 1.29 is 14.3 Å². The van der Waals surface area contributed by atoms with Crippen molar-refractivity contribution in [2.45, 2.75) is 66.0 Å². The zero-order valence-corrected chi connectivity index (χ0v) is 19.7. The standard InChI is InChI=1S/C27H37NO3/c1-7-8-16-30-26-22(17-20(2)3)14-15-23(21-12-10-9-11-13-21)24(26)18-28-19-25(29)31-27(4,5)6/h9-15,28H,2,7-8,16-19H2,1,3-6H3. The molecule has 0 radical (unpaired) electrons. The van der Waals surface area contributed by atoms with Gasteiger partial charge in [0.25, 0.3) is 0 Å². The largest absolute Gasteiger partial charge is 0.493 e. The summed E-state index contributed by atoms with van der Waals surface area (Å²) in [6.07, 6.45) is 2.82. The molecule has 0 bridgehead atoms. The fraction of sp³-hybridized carbons (Fsp3) is 0.444. The number of ether oxygens (including phenoxy) is 2. The molecule has 0 aliphatic heterocycles. The first-order chi connectivity index (χ1) is 14.7. The zero-order valence-electron chi connectivity index (χ0n) is 19.7. The highest BCUT2D eigenvalue weighted by molar-refractivity contribution is 5.73. The van der Waals surface area contributed by atoms with E-state index in [1.54, 1.807) is 0 Å². The maximum absolute atomic E-state index is 12.2. The second-order valence-electron chi connectivity index (χ2n) is 8.97. The third-order valence-corrected chi connectivity index (χ3v) is 4.65. The van der Waals surface area contributed by atoms with Gasteiger partial charge in [-0.2, -0.15) is 0 Å². The molecule has 4 heteroatoms. The Morgan fingerprint density at radius 1 is 1.10 bits per heavy atom. The Hall–Kier alpha value is -2.59. The summed E-state index contributed by atoms with van der Waals surface area (Å²) in [6.45, 7) is 15.2. The third-order valence-electron chi connectivity index (χ3n) is 4.65. The van der Waals surface area contributed by atoms with Crippen LogP contribution in [0.4, 0.5) is 0 Å². The van der Waals surface area contributed by atoms with Crippen LogP contribution in [0.3, 0.4) is 0 Å². The molecule has 1 N–H and O–H groups in total. The van der Waals surface area contributed by atoms with Crippen molar-refractivity contribution in [2.75, 3.05) is 13.2 Å². The molecule has 31 heavy (non-hydrogen) atoms. The highest BCUT2D eigenvalue weighted by Crippen LogP contribution is 2.35. The number of carbonyl (C=O) groups excluding carboxylic acids is 1. The summed E-state index contributed by atoms with van der Waals surface area (Å²) in [5.74, 6) is 0.634. The quantitative estimate of drug-likeness (QED) is 0.270. The molecule has 0 unspecified atom stereocenters. The van der Waals surface area contributed by atoms with Crippen LogP contribution in [-0.2, 0) is 22.5 Å². The first-order valence-corrected chi connectivity index (χ1v) is 11.1. The van der Waals surface area contributed by atoms with Gasteiger partial charge in [0.1, 0.15) is 11.4 Å².